The van der Waals surface area contributed by atoms with Gasteiger partial charge < -0.3 is 9.88 Å². The smallest absolute Gasteiger partial charge is 0.128 e. The predicted molar refractivity (Wildman–Crippen MR) is 70.0 cm³/mol. The fourth-order valence-electron chi connectivity index (χ4n) is 2.25. The lowest BCUT2D eigenvalue weighted by molar-refractivity contribution is 0.514. The van der Waals surface area contributed by atoms with Crippen molar-refractivity contribution in [2.24, 2.45) is 7.05 Å². The topological polar surface area (TPSA) is 29.9 Å². The largest absolute Gasteiger partial charge is 0.321 e. The maximum absolute atomic E-state index is 5.95. The molecule has 16 heavy (non-hydrogen) atoms. The van der Waals surface area contributed by atoms with Crippen molar-refractivity contribution in [3.63, 3.8) is 0 Å². The Morgan fingerprint density at radius 1 is 1.62 bits per heavy atom. The van der Waals surface area contributed by atoms with E-state index in [-0.39, 0.29) is 0 Å². The molecule has 2 rings (SSSR count). The van der Waals surface area contributed by atoms with Crippen molar-refractivity contribution >= 4 is 23.4 Å². The van der Waals surface area contributed by atoms with Crippen molar-refractivity contribution in [1.29, 1.82) is 0 Å². The Morgan fingerprint density at radius 2 is 2.44 bits per heavy atom. The molecule has 1 aromatic heterocycles. The van der Waals surface area contributed by atoms with Crippen molar-refractivity contribution in [2.45, 2.75) is 37.1 Å². The van der Waals surface area contributed by atoms with Gasteiger partial charge in [0.1, 0.15) is 11.0 Å². The van der Waals surface area contributed by atoms with Gasteiger partial charge in [-0.15, -0.1) is 0 Å². The van der Waals surface area contributed by atoms with Crippen LogP contribution in [0.5, 0.6) is 0 Å². The van der Waals surface area contributed by atoms with E-state index in [1.165, 1.54) is 19.3 Å². The van der Waals surface area contributed by atoms with E-state index in [1.54, 1.807) is 6.20 Å². The first-order valence-electron chi connectivity index (χ1n) is 5.64. The molecule has 2 unspecified atom stereocenters. The van der Waals surface area contributed by atoms with Crippen LogP contribution in [-0.4, -0.2) is 27.1 Å². The Hall–Kier alpha value is -0.190. The van der Waals surface area contributed by atoms with E-state index in [4.69, 9.17) is 11.6 Å². The number of nitrogens with zero attached hydrogens (tertiary/aromatic N) is 2. The Labute approximate surface area is 106 Å². The van der Waals surface area contributed by atoms with E-state index in [1.807, 2.05) is 23.4 Å². The van der Waals surface area contributed by atoms with Gasteiger partial charge in [0.15, 0.2) is 0 Å². The Kier molecular flexibility index (Phi) is 4.16. The molecule has 1 aromatic rings. The molecule has 0 spiro atoms. The molecule has 1 saturated carbocycles. The number of aromatic nitrogens is 2. The highest BCUT2D eigenvalue weighted by Gasteiger charge is 2.26. The number of nitrogens with one attached hydrogen (secondary N) is 1. The van der Waals surface area contributed by atoms with Crippen LogP contribution in [0.4, 0.5) is 0 Å². The fourth-order valence-corrected chi connectivity index (χ4v) is 3.36. The first-order chi connectivity index (χ1) is 7.72. The molecule has 0 amide bonds. The highest BCUT2D eigenvalue weighted by atomic mass is 35.5. The number of thioether (sulfide) groups is 1. The number of imidazole rings is 1. The Morgan fingerprint density at radius 3 is 3.06 bits per heavy atom. The predicted octanol–water partition coefficient (Wildman–Crippen LogP) is 2.45. The minimum Gasteiger partial charge on any atom is -0.321 e. The molecule has 0 radical (unpaired) electrons. The number of hydrogen-bond acceptors (Lipinski definition) is 3. The zero-order chi connectivity index (χ0) is 11.5. The minimum absolute atomic E-state index is 0.630. The average Bonchev–Trinajstić information content (AvgIpc) is 2.86. The molecule has 3 nitrogen and oxygen atoms in total. The van der Waals surface area contributed by atoms with Crippen molar-refractivity contribution in [3.05, 3.63) is 17.2 Å². The quantitative estimate of drug-likeness (QED) is 0.901. The van der Waals surface area contributed by atoms with Gasteiger partial charge in [0.05, 0.1) is 12.7 Å². The van der Waals surface area contributed by atoms with E-state index in [2.05, 4.69) is 16.6 Å². The highest BCUT2D eigenvalue weighted by Crippen LogP contribution is 2.28. The van der Waals surface area contributed by atoms with Gasteiger partial charge in [0.25, 0.3) is 0 Å². The van der Waals surface area contributed by atoms with Crippen LogP contribution in [-0.2, 0) is 13.6 Å². The van der Waals surface area contributed by atoms with Crippen molar-refractivity contribution < 1.29 is 0 Å². The van der Waals surface area contributed by atoms with Crippen LogP contribution in [0.2, 0.25) is 5.15 Å². The van der Waals surface area contributed by atoms with Gasteiger partial charge in [-0.25, -0.2) is 4.98 Å². The maximum Gasteiger partial charge on any atom is 0.128 e. The van der Waals surface area contributed by atoms with Gasteiger partial charge >= 0.3 is 0 Å². The summed E-state index contributed by atoms with van der Waals surface area (Å²) < 4.78 is 1.93. The summed E-state index contributed by atoms with van der Waals surface area (Å²) in [6.45, 7) is 0.810. The summed E-state index contributed by atoms with van der Waals surface area (Å²) in [5.74, 6) is 1.01. The third-order valence-corrected chi connectivity index (χ3v) is 4.83. The van der Waals surface area contributed by atoms with Crippen molar-refractivity contribution in [3.8, 4) is 0 Å². The summed E-state index contributed by atoms with van der Waals surface area (Å²) in [6, 6.07) is 0.630. The van der Waals surface area contributed by atoms with Crippen LogP contribution in [0.1, 0.15) is 25.1 Å². The Bertz CT molecular complexity index is 353. The van der Waals surface area contributed by atoms with E-state index >= 15 is 0 Å². The van der Waals surface area contributed by atoms with Crippen molar-refractivity contribution in [1.82, 2.24) is 14.9 Å². The first-order valence-corrected chi connectivity index (χ1v) is 7.31. The van der Waals surface area contributed by atoms with Crippen LogP contribution in [0.3, 0.4) is 0 Å². The molecule has 90 valence electrons. The lowest BCUT2D eigenvalue weighted by atomic mass is 10.2. The van der Waals surface area contributed by atoms with Gasteiger partial charge in [-0.1, -0.05) is 18.0 Å². The first kappa shape index (κ1) is 12.3. The van der Waals surface area contributed by atoms with Gasteiger partial charge in [0.2, 0.25) is 0 Å². The van der Waals surface area contributed by atoms with Crippen molar-refractivity contribution in [2.75, 3.05) is 6.26 Å². The number of halogens is 1. The summed E-state index contributed by atoms with van der Waals surface area (Å²) in [6.07, 6.45) is 7.86. The molecular weight excluding hydrogens is 242 g/mol. The molecule has 5 heteroatoms. The van der Waals surface area contributed by atoms with Crippen LogP contribution in [0.25, 0.3) is 0 Å². The standard InChI is InChI=1S/C11H18ClN3S/c1-15-10(12)6-14-11(15)7-13-8-4-3-5-9(8)16-2/h6,8-9,13H,3-5,7H2,1-2H3. The third-order valence-electron chi connectivity index (χ3n) is 3.31. The second-order valence-corrected chi connectivity index (χ2v) is 5.71. The lowest BCUT2D eigenvalue weighted by Crippen LogP contribution is -2.34. The molecule has 1 aliphatic rings. The SMILES string of the molecule is CSC1CCCC1NCc1ncc(Cl)n1C. The van der Waals surface area contributed by atoms with Gasteiger partial charge in [-0.05, 0) is 19.1 Å². The molecule has 0 saturated heterocycles. The van der Waals surface area contributed by atoms with Crippen LogP contribution < -0.4 is 5.32 Å². The second-order valence-electron chi connectivity index (χ2n) is 4.25. The van der Waals surface area contributed by atoms with Gasteiger partial charge in [0, 0.05) is 18.3 Å². The van der Waals surface area contributed by atoms with E-state index in [9.17, 15) is 0 Å². The van der Waals surface area contributed by atoms with E-state index in [0.717, 1.165) is 17.6 Å². The van der Waals surface area contributed by atoms with E-state index < -0.39 is 0 Å². The molecule has 1 aliphatic carbocycles. The molecule has 0 bridgehead atoms. The Balaban J connectivity index is 1.89. The van der Waals surface area contributed by atoms with E-state index in [0.29, 0.717) is 11.2 Å². The summed E-state index contributed by atoms with van der Waals surface area (Å²) in [4.78, 5) is 4.29. The molecule has 1 heterocycles. The molecule has 0 aliphatic heterocycles. The normalized spacial score (nSPS) is 25.2. The molecule has 1 N–H and O–H groups in total. The molecular formula is C11H18ClN3S. The van der Waals surface area contributed by atoms with Crippen LogP contribution in [0.15, 0.2) is 6.20 Å². The minimum atomic E-state index is 0.630. The highest BCUT2D eigenvalue weighted by molar-refractivity contribution is 7.99. The molecule has 0 aromatic carbocycles. The average molecular weight is 260 g/mol. The zero-order valence-electron chi connectivity index (χ0n) is 9.74. The number of hydrogen-bond donors (Lipinski definition) is 1. The van der Waals surface area contributed by atoms with Crippen LogP contribution >= 0.6 is 23.4 Å². The summed E-state index contributed by atoms with van der Waals surface area (Å²) in [5.41, 5.74) is 0. The molecule has 2 atom stereocenters. The molecule has 1 fully saturated rings. The summed E-state index contributed by atoms with van der Waals surface area (Å²) >= 11 is 7.92. The fraction of sp³-hybridized carbons (Fsp3) is 0.727. The van der Waals surface area contributed by atoms with Gasteiger partial charge in [-0.2, -0.15) is 11.8 Å². The number of rotatable bonds is 4. The maximum atomic E-state index is 5.95. The zero-order valence-corrected chi connectivity index (χ0v) is 11.3. The summed E-state index contributed by atoms with van der Waals surface area (Å²) in [5, 5.41) is 5.05. The lowest BCUT2D eigenvalue weighted by Gasteiger charge is -2.18. The monoisotopic (exact) mass is 259 g/mol. The van der Waals surface area contributed by atoms with Crippen LogP contribution in [0, 0.1) is 0 Å². The third kappa shape index (κ3) is 2.55. The van der Waals surface area contributed by atoms with Gasteiger partial charge in [-0.3, -0.25) is 0 Å². The second kappa shape index (κ2) is 5.43. The summed E-state index contributed by atoms with van der Waals surface area (Å²) in [7, 11) is 1.95.